The van der Waals surface area contributed by atoms with Crippen LogP contribution in [0.2, 0.25) is 0 Å². The van der Waals surface area contributed by atoms with Crippen molar-refractivity contribution in [2.45, 2.75) is 26.7 Å². The van der Waals surface area contributed by atoms with Gasteiger partial charge in [0, 0.05) is 56.6 Å². The van der Waals surface area contributed by atoms with Crippen molar-refractivity contribution in [1.29, 1.82) is 0 Å². The Morgan fingerprint density at radius 3 is 2.45 bits per heavy atom. The number of piperidine rings is 1. The summed E-state index contributed by atoms with van der Waals surface area (Å²) in [4.78, 5) is 17.1. The summed E-state index contributed by atoms with van der Waals surface area (Å²) < 4.78 is 7.49. The first-order chi connectivity index (χ1) is 14.1. The molecule has 0 aromatic carbocycles. The summed E-state index contributed by atoms with van der Waals surface area (Å²) in [7, 11) is 0. The Hall–Kier alpha value is -1.97. The molecule has 0 spiro atoms. The zero-order chi connectivity index (χ0) is 20.2. The van der Waals surface area contributed by atoms with Crippen LogP contribution in [0.4, 0.5) is 5.13 Å². The van der Waals surface area contributed by atoms with E-state index in [0.717, 1.165) is 80.4 Å². The van der Waals surface area contributed by atoms with Gasteiger partial charge in [0.15, 0.2) is 0 Å². The number of ether oxygens (including phenoxy) is 1. The maximum atomic E-state index is 12.5. The Morgan fingerprint density at radius 1 is 1.10 bits per heavy atom. The van der Waals surface area contributed by atoms with Crippen LogP contribution in [0.1, 0.15) is 24.2 Å². The summed E-state index contributed by atoms with van der Waals surface area (Å²) in [5.41, 5.74) is 2.33. The number of carbonyl (C=O) groups is 1. The molecule has 8 nitrogen and oxygen atoms in total. The van der Waals surface area contributed by atoms with Crippen molar-refractivity contribution in [2.75, 3.05) is 57.4 Å². The number of rotatable bonds is 6. The first-order valence-electron chi connectivity index (χ1n) is 10.4. The van der Waals surface area contributed by atoms with E-state index in [1.165, 1.54) is 0 Å². The Kier molecular flexibility index (Phi) is 6.46. The predicted molar refractivity (Wildman–Crippen MR) is 114 cm³/mol. The van der Waals surface area contributed by atoms with Crippen molar-refractivity contribution < 1.29 is 9.53 Å². The van der Waals surface area contributed by atoms with Gasteiger partial charge in [0.1, 0.15) is 0 Å². The molecular weight excluding hydrogens is 388 g/mol. The van der Waals surface area contributed by atoms with Gasteiger partial charge in [-0.2, -0.15) is 0 Å². The maximum absolute atomic E-state index is 12.5. The molecule has 2 aliphatic heterocycles. The second-order valence-corrected chi connectivity index (χ2v) is 8.76. The van der Waals surface area contributed by atoms with Crippen LogP contribution in [0.15, 0.2) is 12.1 Å². The lowest BCUT2D eigenvalue weighted by Crippen LogP contribution is -2.44. The number of hydrogen-bond donors (Lipinski definition) is 1. The highest BCUT2D eigenvalue weighted by atomic mass is 32.1. The molecule has 4 heterocycles. The zero-order valence-corrected chi connectivity index (χ0v) is 18.1. The molecule has 2 fully saturated rings. The molecule has 0 aliphatic carbocycles. The van der Waals surface area contributed by atoms with Gasteiger partial charge in [-0.05, 0) is 38.8 Å². The minimum atomic E-state index is 0.0947. The quantitative estimate of drug-likeness (QED) is 0.768. The summed E-state index contributed by atoms with van der Waals surface area (Å²) in [6.45, 7) is 11.0. The Labute approximate surface area is 175 Å². The third-order valence-electron chi connectivity index (χ3n) is 5.83. The Balaban J connectivity index is 1.24. The van der Waals surface area contributed by atoms with Crippen molar-refractivity contribution in [3.05, 3.63) is 23.5 Å². The fourth-order valence-electron chi connectivity index (χ4n) is 4.04. The molecule has 0 radical (unpaired) electrons. The van der Waals surface area contributed by atoms with Crippen molar-refractivity contribution >= 4 is 22.4 Å². The molecule has 9 heteroatoms. The van der Waals surface area contributed by atoms with E-state index in [1.54, 1.807) is 11.3 Å². The molecule has 2 aliphatic rings. The van der Waals surface area contributed by atoms with E-state index in [9.17, 15) is 4.79 Å². The number of aryl methyl sites for hydroxylation is 2. The summed E-state index contributed by atoms with van der Waals surface area (Å²) in [6.07, 6.45) is 1.72. The average molecular weight is 419 g/mol. The molecule has 1 N–H and O–H groups in total. The number of carbonyl (C=O) groups excluding carboxylic acids is 1. The number of anilines is 1. The highest BCUT2D eigenvalue weighted by Gasteiger charge is 2.27. The van der Waals surface area contributed by atoms with Gasteiger partial charge < -0.3 is 15.0 Å². The summed E-state index contributed by atoms with van der Waals surface area (Å²) >= 11 is 1.62. The van der Waals surface area contributed by atoms with E-state index in [-0.39, 0.29) is 11.8 Å². The third kappa shape index (κ3) is 4.79. The normalized spacial score (nSPS) is 18.9. The molecule has 158 valence electrons. The first kappa shape index (κ1) is 20.3. The van der Waals surface area contributed by atoms with Crippen molar-refractivity contribution in [2.24, 2.45) is 5.92 Å². The second-order valence-electron chi connectivity index (χ2n) is 7.83. The lowest BCUT2D eigenvalue weighted by Gasteiger charge is -2.31. The SMILES string of the molecule is Cc1ccc(C)n1-c1nnc(N2CCC(C(=O)NCCN3CCOCC3)CC2)s1. The monoisotopic (exact) mass is 418 g/mol. The molecule has 4 rings (SSSR count). The molecule has 0 atom stereocenters. The summed E-state index contributed by atoms with van der Waals surface area (Å²) in [5.74, 6) is 0.284. The average Bonchev–Trinajstić information content (AvgIpc) is 3.35. The molecule has 2 aromatic heterocycles. The Bertz CT molecular complexity index is 801. The minimum absolute atomic E-state index is 0.0947. The zero-order valence-electron chi connectivity index (χ0n) is 17.3. The highest BCUT2D eigenvalue weighted by molar-refractivity contribution is 7.17. The standard InChI is InChI=1S/C20H30N6O2S/c1-15-3-4-16(2)26(15)20-23-22-19(29-20)25-8-5-17(6-9-25)18(27)21-7-10-24-11-13-28-14-12-24/h3-4,17H,5-14H2,1-2H3,(H,21,27). The van der Waals surface area contributed by atoms with Gasteiger partial charge in [-0.15, -0.1) is 10.2 Å². The van der Waals surface area contributed by atoms with E-state index < -0.39 is 0 Å². The topological polar surface area (TPSA) is 75.5 Å². The highest BCUT2D eigenvalue weighted by Crippen LogP contribution is 2.29. The van der Waals surface area contributed by atoms with Crippen LogP contribution in [-0.4, -0.2) is 78.1 Å². The van der Waals surface area contributed by atoms with Crippen molar-refractivity contribution in [3.8, 4) is 5.13 Å². The fraction of sp³-hybridized carbons (Fsp3) is 0.650. The third-order valence-corrected chi connectivity index (χ3v) is 6.80. The van der Waals surface area contributed by atoms with Gasteiger partial charge in [-0.25, -0.2) is 0 Å². The number of morpholine rings is 1. The van der Waals surface area contributed by atoms with Gasteiger partial charge in [-0.3, -0.25) is 14.3 Å². The van der Waals surface area contributed by atoms with Crippen molar-refractivity contribution in [3.63, 3.8) is 0 Å². The predicted octanol–water partition coefficient (Wildman–Crippen LogP) is 1.61. The maximum Gasteiger partial charge on any atom is 0.223 e. The van der Waals surface area contributed by atoms with E-state index in [0.29, 0.717) is 6.54 Å². The molecule has 0 unspecified atom stereocenters. The van der Waals surface area contributed by atoms with Gasteiger partial charge in [0.25, 0.3) is 0 Å². The molecule has 0 bridgehead atoms. The van der Waals surface area contributed by atoms with Crippen LogP contribution in [0.3, 0.4) is 0 Å². The van der Waals surface area contributed by atoms with Crippen LogP contribution >= 0.6 is 11.3 Å². The van der Waals surface area contributed by atoms with E-state index in [4.69, 9.17) is 4.74 Å². The second kappa shape index (κ2) is 9.23. The number of nitrogens with one attached hydrogen (secondary N) is 1. The molecule has 2 aromatic rings. The summed E-state index contributed by atoms with van der Waals surface area (Å²) in [6, 6.07) is 4.19. The van der Waals surface area contributed by atoms with Gasteiger partial charge >= 0.3 is 0 Å². The molecule has 29 heavy (non-hydrogen) atoms. The molecule has 2 saturated heterocycles. The lowest BCUT2D eigenvalue weighted by atomic mass is 9.96. The van der Waals surface area contributed by atoms with Crippen LogP contribution in [0, 0.1) is 19.8 Å². The van der Waals surface area contributed by atoms with Gasteiger partial charge in [0.05, 0.1) is 13.2 Å². The van der Waals surface area contributed by atoms with Crippen LogP contribution < -0.4 is 10.2 Å². The minimum Gasteiger partial charge on any atom is -0.379 e. The summed E-state index contributed by atoms with van der Waals surface area (Å²) in [5, 5.41) is 13.8. The van der Waals surface area contributed by atoms with E-state index in [2.05, 4.69) is 55.9 Å². The number of amides is 1. The largest absolute Gasteiger partial charge is 0.379 e. The molecular formula is C20H30N6O2S. The van der Waals surface area contributed by atoms with Crippen LogP contribution in [-0.2, 0) is 9.53 Å². The number of aromatic nitrogens is 3. The fourth-order valence-corrected chi connectivity index (χ4v) is 5.05. The van der Waals surface area contributed by atoms with Gasteiger partial charge in [-0.1, -0.05) is 11.3 Å². The lowest BCUT2D eigenvalue weighted by molar-refractivity contribution is -0.125. The smallest absolute Gasteiger partial charge is 0.223 e. The number of hydrogen-bond acceptors (Lipinski definition) is 7. The Morgan fingerprint density at radius 2 is 1.76 bits per heavy atom. The first-order valence-corrected chi connectivity index (χ1v) is 11.2. The molecule has 1 amide bonds. The van der Waals surface area contributed by atoms with Crippen LogP contribution in [0.5, 0.6) is 0 Å². The number of nitrogens with zero attached hydrogens (tertiary/aromatic N) is 5. The van der Waals surface area contributed by atoms with Crippen LogP contribution in [0.25, 0.3) is 5.13 Å². The van der Waals surface area contributed by atoms with Crippen molar-refractivity contribution in [1.82, 2.24) is 25.0 Å². The van der Waals surface area contributed by atoms with E-state index in [1.807, 2.05) is 0 Å². The molecule has 0 saturated carbocycles. The van der Waals surface area contributed by atoms with E-state index >= 15 is 0 Å². The van der Waals surface area contributed by atoms with Gasteiger partial charge in [0.2, 0.25) is 16.2 Å².